The zero-order valence-corrected chi connectivity index (χ0v) is 23.4. The van der Waals surface area contributed by atoms with Crippen molar-refractivity contribution in [3.8, 4) is 44.5 Å². The summed E-state index contributed by atoms with van der Waals surface area (Å²) in [5, 5.41) is 6.57. The van der Waals surface area contributed by atoms with Crippen LogP contribution < -0.4 is 0 Å². The fraction of sp³-hybridized carbons (Fsp3) is 0. The standard InChI is InChI=1S/C16H8Br2.C16H8Cl2/c2*17-9-4-5-10-12-6-7-15(18)13-3-1-2-11(16(12)13)14(10)8-9/h2*1-8H. The second kappa shape index (κ2) is 8.46. The molecule has 0 atom stereocenters. The minimum absolute atomic E-state index is 0.768. The van der Waals surface area contributed by atoms with Crippen molar-refractivity contribution in [2.45, 2.75) is 0 Å². The molecule has 8 rings (SSSR count). The van der Waals surface area contributed by atoms with E-state index in [1.807, 2.05) is 24.3 Å². The molecule has 0 aliphatic heterocycles. The van der Waals surface area contributed by atoms with Gasteiger partial charge in [0.2, 0.25) is 0 Å². The first-order chi connectivity index (χ1) is 17.5. The van der Waals surface area contributed by atoms with Gasteiger partial charge in [-0.3, -0.25) is 0 Å². The Balaban J connectivity index is 0.000000122. The number of benzene rings is 6. The third-order valence-corrected chi connectivity index (χ3v) is 8.85. The normalized spacial score (nSPS) is 11.9. The predicted molar refractivity (Wildman–Crippen MR) is 162 cm³/mol. The van der Waals surface area contributed by atoms with Crippen LogP contribution >= 0.6 is 55.1 Å². The van der Waals surface area contributed by atoms with Crippen LogP contribution in [0.25, 0.3) is 66.1 Å². The van der Waals surface area contributed by atoms with Crippen LogP contribution in [0, 0.1) is 0 Å². The minimum atomic E-state index is 0.768. The summed E-state index contributed by atoms with van der Waals surface area (Å²) in [6, 6.07) is 33.7. The molecule has 0 unspecified atom stereocenters. The highest BCUT2D eigenvalue weighted by molar-refractivity contribution is 9.11. The van der Waals surface area contributed by atoms with E-state index in [9.17, 15) is 0 Å². The summed E-state index contributed by atoms with van der Waals surface area (Å²) in [6.45, 7) is 0. The molecule has 2 aliphatic carbocycles. The van der Waals surface area contributed by atoms with E-state index in [1.165, 1.54) is 60.7 Å². The van der Waals surface area contributed by atoms with Crippen molar-refractivity contribution in [3.05, 3.63) is 116 Å². The number of fused-ring (bicyclic) bond motifs is 6. The molecule has 0 nitrogen and oxygen atoms in total. The van der Waals surface area contributed by atoms with Gasteiger partial charge in [0.1, 0.15) is 0 Å². The lowest BCUT2D eigenvalue weighted by atomic mass is 10.0. The average molecular weight is 631 g/mol. The van der Waals surface area contributed by atoms with Crippen molar-refractivity contribution in [1.82, 2.24) is 0 Å². The molecule has 0 saturated heterocycles. The van der Waals surface area contributed by atoms with Crippen LogP contribution in [0.1, 0.15) is 0 Å². The van der Waals surface area contributed by atoms with E-state index in [-0.39, 0.29) is 0 Å². The van der Waals surface area contributed by atoms with Crippen LogP contribution in [0.15, 0.2) is 106 Å². The first kappa shape index (κ1) is 22.6. The second-order valence-corrected chi connectivity index (χ2v) is 11.6. The highest BCUT2D eigenvalue weighted by Gasteiger charge is 2.23. The highest BCUT2D eigenvalue weighted by Crippen LogP contribution is 2.50. The van der Waals surface area contributed by atoms with Gasteiger partial charge in [0, 0.05) is 24.4 Å². The average Bonchev–Trinajstić information content (AvgIpc) is 3.38. The van der Waals surface area contributed by atoms with Crippen LogP contribution in [-0.4, -0.2) is 0 Å². The van der Waals surface area contributed by atoms with Crippen LogP contribution in [0.4, 0.5) is 0 Å². The molecule has 0 amide bonds. The van der Waals surface area contributed by atoms with Gasteiger partial charge in [0.05, 0.1) is 0 Å². The lowest BCUT2D eigenvalue weighted by Crippen LogP contribution is -1.76. The SMILES string of the molecule is Brc1ccc2c(c1)-c1cccc3c(Br)ccc-2c13.Clc1ccc2c(c1)-c1cccc3c(Cl)ccc-2c13. The van der Waals surface area contributed by atoms with Gasteiger partial charge in [-0.05, 0) is 97.1 Å². The van der Waals surface area contributed by atoms with Gasteiger partial charge in [0.15, 0.2) is 0 Å². The fourth-order valence-electron chi connectivity index (χ4n) is 5.59. The van der Waals surface area contributed by atoms with E-state index < -0.39 is 0 Å². The van der Waals surface area contributed by atoms with Crippen molar-refractivity contribution in [3.63, 3.8) is 0 Å². The fourth-order valence-corrected chi connectivity index (χ4v) is 6.80. The summed E-state index contributed by atoms with van der Waals surface area (Å²) >= 11 is 19.6. The van der Waals surface area contributed by atoms with Gasteiger partial charge in [-0.2, -0.15) is 0 Å². The van der Waals surface area contributed by atoms with Gasteiger partial charge in [0.25, 0.3) is 0 Å². The van der Waals surface area contributed by atoms with Gasteiger partial charge in [-0.1, -0.05) is 116 Å². The first-order valence-electron chi connectivity index (χ1n) is 11.5. The number of hydrogen-bond donors (Lipinski definition) is 0. The van der Waals surface area contributed by atoms with Crippen LogP contribution in [-0.2, 0) is 0 Å². The molecular weight excluding hydrogens is 615 g/mol. The molecule has 0 bridgehead atoms. The van der Waals surface area contributed by atoms with E-state index in [4.69, 9.17) is 23.2 Å². The Morgan fingerprint density at radius 2 is 1.00 bits per heavy atom. The van der Waals surface area contributed by atoms with E-state index in [2.05, 4.69) is 105 Å². The molecule has 0 radical (unpaired) electrons. The highest BCUT2D eigenvalue weighted by atomic mass is 79.9. The topological polar surface area (TPSA) is 0 Å². The van der Waals surface area contributed by atoms with Gasteiger partial charge in [-0.15, -0.1) is 0 Å². The van der Waals surface area contributed by atoms with E-state index in [0.717, 1.165) is 24.4 Å². The molecule has 6 aromatic rings. The Labute approximate surface area is 235 Å². The summed E-state index contributed by atoms with van der Waals surface area (Å²) in [4.78, 5) is 0. The molecule has 0 N–H and O–H groups in total. The van der Waals surface area contributed by atoms with Crippen molar-refractivity contribution < 1.29 is 0 Å². The van der Waals surface area contributed by atoms with E-state index >= 15 is 0 Å². The van der Waals surface area contributed by atoms with E-state index in [0.29, 0.717) is 0 Å². The molecule has 2 aliphatic rings. The summed E-state index contributed by atoms with van der Waals surface area (Å²) < 4.78 is 2.29. The Bertz CT molecular complexity index is 1750. The minimum Gasteiger partial charge on any atom is -0.0843 e. The largest absolute Gasteiger partial charge is 0.0843 e. The maximum Gasteiger partial charge on any atom is 0.0485 e. The molecular formula is C32H16Br2Cl2. The number of rotatable bonds is 0. The van der Waals surface area contributed by atoms with Crippen LogP contribution in [0.2, 0.25) is 10.0 Å². The molecule has 6 aromatic carbocycles. The summed E-state index contributed by atoms with van der Waals surface area (Å²) in [5.74, 6) is 0. The van der Waals surface area contributed by atoms with E-state index in [1.54, 1.807) is 0 Å². The number of halogens is 4. The molecule has 0 heterocycles. The smallest absolute Gasteiger partial charge is 0.0485 e. The third-order valence-electron chi connectivity index (χ3n) is 7.10. The summed E-state index contributed by atoms with van der Waals surface area (Å²) in [5.41, 5.74) is 10.2. The number of hydrogen-bond acceptors (Lipinski definition) is 0. The first-order valence-corrected chi connectivity index (χ1v) is 13.9. The summed E-state index contributed by atoms with van der Waals surface area (Å²) in [6.07, 6.45) is 0. The van der Waals surface area contributed by atoms with Crippen molar-refractivity contribution in [2.75, 3.05) is 0 Å². The summed E-state index contributed by atoms with van der Waals surface area (Å²) in [7, 11) is 0. The lowest BCUT2D eigenvalue weighted by molar-refractivity contribution is 1.65. The molecule has 0 saturated carbocycles. The zero-order chi connectivity index (χ0) is 24.6. The molecule has 0 aromatic heterocycles. The molecule has 0 spiro atoms. The van der Waals surface area contributed by atoms with Crippen LogP contribution in [0.3, 0.4) is 0 Å². The Morgan fingerprint density at radius 1 is 0.444 bits per heavy atom. The van der Waals surface area contributed by atoms with Crippen LogP contribution in [0.5, 0.6) is 0 Å². The Kier molecular flexibility index (Phi) is 5.31. The van der Waals surface area contributed by atoms with Gasteiger partial charge < -0.3 is 0 Å². The quantitative estimate of drug-likeness (QED) is 0.156. The predicted octanol–water partition coefficient (Wildman–Crippen LogP) is 11.8. The van der Waals surface area contributed by atoms with Gasteiger partial charge in [-0.25, -0.2) is 0 Å². The Hall–Kier alpha value is -2.62. The zero-order valence-electron chi connectivity index (χ0n) is 18.7. The maximum atomic E-state index is 6.28. The van der Waals surface area contributed by atoms with Crippen molar-refractivity contribution >= 4 is 76.6 Å². The van der Waals surface area contributed by atoms with Gasteiger partial charge >= 0.3 is 0 Å². The Morgan fingerprint density at radius 3 is 1.75 bits per heavy atom. The van der Waals surface area contributed by atoms with Crippen molar-refractivity contribution in [1.29, 1.82) is 0 Å². The third kappa shape index (κ3) is 3.32. The molecule has 0 fully saturated rings. The molecule has 172 valence electrons. The second-order valence-electron chi connectivity index (χ2n) is 9.03. The lowest BCUT2D eigenvalue weighted by Gasteiger charge is -2.03. The molecule has 4 heteroatoms. The monoisotopic (exact) mass is 628 g/mol. The molecule has 36 heavy (non-hydrogen) atoms. The maximum absolute atomic E-state index is 6.28. The van der Waals surface area contributed by atoms with Crippen molar-refractivity contribution in [2.24, 2.45) is 0 Å².